The zero-order chi connectivity index (χ0) is 15.5. The first kappa shape index (κ1) is 14.8. The van der Waals surface area contributed by atoms with Gasteiger partial charge < -0.3 is 10.1 Å². The molecule has 22 heavy (non-hydrogen) atoms. The Balaban J connectivity index is 1.87. The third-order valence-corrected chi connectivity index (χ3v) is 5.23. The molecule has 0 saturated carbocycles. The summed E-state index contributed by atoms with van der Waals surface area (Å²) in [6, 6.07) is 10.1. The fraction of sp³-hybridized carbons (Fsp3) is 0.125. The number of ether oxygens (including phenoxy) is 1. The van der Waals surface area contributed by atoms with Gasteiger partial charge in [0.2, 0.25) is 0 Å². The highest BCUT2D eigenvalue weighted by Gasteiger charge is 2.12. The van der Waals surface area contributed by atoms with Crippen molar-refractivity contribution in [2.45, 2.75) is 6.54 Å². The predicted molar refractivity (Wildman–Crippen MR) is 92.4 cm³/mol. The van der Waals surface area contributed by atoms with Crippen LogP contribution in [0.3, 0.4) is 0 Å². The van der Waals surface area contributed by atoms with Crippen LogP contribution < -0.4 is 10.1 Å². The number of fused-ring (bicyclic) bond motifs is 1. The van der Waals surface area contributed by atoms with Crippen molar-refractivity contribution in [1.29, 1.82) is 5.26 Å². The number of pyridine rings is 1. The molecular weight excluding hydrogens is 362 g/mol. The number of thiophene rings is 1. The van der Waals surface area contributed by atoms with Gasteiger partial charge in [-0.15, -0.1) is 11.3 Å². The van der Waals surface area contributed by atoms with Gasteiger partial charge in [0, 0.05) is 22.6 Å². The number of anilines is 1. The van der Waals surface area contributed by atoms with Crippen LogP contribution in [0.4, 0.5) is 5.82 Å². The molecule has 0 saturated heterocycles. The van der Waals surface area contributed by atoms with E-state index in [2.05, 4.69) is 32.3 Å². The summed E-state index contributed by atoms with van der Waals surface area (Å²) >= 11 is 5.07. The number of rotatable bonds is 4. The van der Waals surface area contributed by atoms with E-state index in [0.717, 1.165) is 31.7 Å². The lowest BCUT2D eigenvalue weighted by molar-refractivity contribution is 0.414. The average molecular weight is 374 g/mol. The maximum Gasteiger partial charge on any atom is 0.136 e. The van der Waals surface area contributed by atoms with Crippen molar-refractivity contribution < 1.29 is 4.74 Å². The molecule has 3 rings (SSSR count). The number of hydrogen-bond acceptors (Lipinski definition) is 5. The van der Waals surface area contributed by atoms with Crippen LogP contribution >= 0.6 is 27.3 Å². The summed E-state index contributed by atoms with van der Waals surface area (Å²) in [4.78, 5) is 4.38. The van der Waals surface area contributed by atoms with E-state index >= 15 is 0 Å². The van der Waals surface area contributed by atoms with Gasteiger partial charge in [0.1, 0.15) is 17.6 Å². The second-order valence-corrected chi connectivity index (χ2v) is 6.36. The molecule has 0 unspecified atom stereocenters. The van der Waals surface area contributed by atoms with E-state index in [0.29, 0.717) is 12.1 Å². The van der Waals surface area contributed by atoms with Crippen LogP contribution in [0.1, 0.15) is 11.1 Å². The number of aromatic nitrogens is 1. The highest BCUT2D eigenvalue weighted by Crippen LogP contribution is 2.36. The van der Waals surface area contributed by atoms with Gasteiger partial charge in [-0.2, -0.15) is 5.26 Å². The number of nitrogens with zero attached hydrogens (tertiary/aromatic N) is 2. The quantitative estimate of drug-likeness (QED) is 0.728. The summed E-state index contributed by atoms with van der Waals surface area (Å²) in [5.74, 6) is 1.61. The minimum atomic E-state index is 0.598. The van der Waals surface area contributed by atoms with E-state index in [1.165, 1.54) is 0 Å². The Kier molecular flexibility index (Phi) is 4.27. The van der Waals surface area contributed by atoms with Gasteiger partial charge in [-0.25, -0.2) is 4.98 Å². The molecule has 0 aliphatic carbocycles. The third kappa shape index (κ3) is 2.78. The number of halogens is 1. The van der Waals surface area contributed by atoms with Crippen molar-refractivity contribution in [2.75, 3.05) is 12.4 Å². The number of methoxy groups -OCH3 is 1. The second kappa shape index (κ2) is 6.34. The highest BCUT2D eigenvalue weighted by molar-refractivity contribution is 9.10. The van der Waals surface area contributed by atoms with E-state index in [4.69, 9.17) is 10.00 Å². The van der Waals surface area contributed by atoms with Gasteiger partial charge in [-0.1, -0.05) is 12.1 Å². The normalized spacial score (nSPS) is 10.4. The van der Waals surface area contributed by atoms with Crippen LogP contribution in [0.2, 0.25) is 0 Å². The Morgan fingerprint density at radius 2 is 2.14 bits per heavy atom. The van der Waals surface area contributed by atoms with Gasteiger partial charge >= 0.3 is 0 Å². The van der Waals surface area contributed by atoms with Crippen molar-refractivity contribution in [3.63, 3.8) is 0 Å². The lowest BCUT2D eigenvalue weighted by atomic mass is 10.2. The van der Waals surface area contributed by atoms with Crippen LogP contribution in [-0.2, 0) is 6.54 Å². The molecule has 110 valence electrons. The van der Waals surface area contributed by atoms with Crippen LogP contribution in [0.15, 0.2) is 40.3 Å². The Hall–Kier alpha value is -2.10. The number of nitrogens with one attached hydrogen (secondary N) is 1. The molecular formula is C16H12BrN3OS. The van der Waals surface area contributed by atoms with Crippen molar-refractivity contribution in [3.05, 3.63) is 51.4 Å². The van der Waals surface area contributed by atoms with Gasteiger partial charge in [0.25, 0.3) is 0 Å². The minimum absolute atomic E-state index is 0.598. The molecule has 3 aromatic rings. The maximum atomic E-state index is 9.16. The van der Waals surface area contributed by atoms with Crippen molar-refractivity contribution in [3.8, 4) is 11.8 Å². The summed E-state index contributed by atoms with van der Waals surface area (Å²) in [7, 11) is 1.65. The fourth-order valence-corrected chi connectivity index (χ4v) is 3.84. The molecule has 0 radical (unpaired) electrons. The first-order chi connectivity index (χ1) is 10.7. The van der Waals surface area contributed by atoms with E-state index in [1.807, 2.05) is 29.6 Å². The molecule has 0 amide bonds. The van der Waals surface area contributed by atoms with E-state index in [9.17, 15) is 0 Å². The predicted octanol–water partition coefficient (Wildman–Crippen LogP) is 4.55. The largest absolute Gasteiger partial charge is 0.497 e. The molecule has 0 aliphatic heterocycles. The Labute approximate surface area is 140 Å². The van der Waals surface area contributed by atoms with Gasteiger partial charge in [0.05, 0.1) is 22.8 Å². The van der Waals surface area contributed by atoms with Crippen LogP contribution in [0.5, 0.6) is 5.75 Å². The maximum absolute atomic E-state index is 9.16. The Bertz CT molecular complexity index is 852. The molecule has 0 bridgehead atoms. The molecule has 0 aliphatic rings. The van der Waals surface area contributed by atoms with Crippen molar-refractivity contribution >= 4 is 43.2 Å². The first-order valence-electron chi connectivity index (χ1n) is 6.55. The van der Waals surface area contributed by atoms with E-state index in [-0.39, 0.29) is 0 Å². The van der Waals surface area contributed by atoms with Gasteiger partial charge in [-0.05, 0) is 33.6 Å². The summed E-state index contributed by atoms with van der Waals surface area (Å²) < 4.78 is 7.05. The van der Waals surface area contributed by atoms with Crippen LogP contribution in [0.25, 0.3) is 10.1 Å². The minimum Gasteiger partial charge on any atom is -0.497 e. The monoisotopic (exact) mass is 373 g/mol. The summed E-state index contributed by atoms with van der Waals surface area (Å²) in [5, 5.41) is 15.4. The smallest absolute Gasteiger partial charge is 0.136 e. The average Bonchev–Trinajstić information content (AvgIpc) is 2.95. The summed E-state index contributed by atoms with van der Waals surface area (Å²) in [6.45, 7) is 0.653. The van der Waals surface area contributed by atoms with Gasteiger partial charge in [-0.3, -0.25) is 0 Å². The Morgan fingerprint density at radius 3 is 2.82 bits per heavy atom. The summed E-state index contributed by atoms with van der Waals surface area (Å²) in [6.07, 6.45) is 1.61. The topological polar surface area (TPSA) is 57.9 Å². The molecule has 4 nitrogen and oxygen atoms in total. The van der Waals surface area contributed by atoms with E-state index < -0.39 is 0 Å². The van der Waals surface area contributed by atoms with Crippen molar-refractivity contribution in [1.82, 2.24) is 4.98 Å². The SMILES string of the molecule is COc1ccc(CNc2ncc(C#N)c3scc(Br)c23)cc1. The molecule has 0 atom stereocenters. The van der Waals surface area contributed by atoms with Gasteiger partial charge in [0.15, 0.2) is 0 Å². The number of nitriles is 1. The van der Waals surface area contributed by atoms with Crippen LogP contribution in [0, 0.1) is 11.3 Å². The third-order valence-electron chi connectivity index (χ3n) is 3.29. The molecule has 2 heterocycles. The highest BCUT2D eigenvalue weighted by atomic mass is 79.9. The zero-order valence-corrected chi connectivity index (χ0v) is 14.2. The lowest BCUT2D eigenvalue weighted by Gasteiger charge is -2.09. The second-order valence-electron chi connectivity index (χ2n) is 4.62. The number of hydrogen-bond donors (Lipinski definition) is 1. The molecule has 6 heteroatoms. The molecule has 0 fully saturated rings. The molecule has 1 aromatic carbocycles. The number of benzene rings is 1. The Morgan fingerprint density at radius 1 is 1.36 bits per heavy atom. The molecule has 2 aromatic heterocycles. The molecule has 1 N–H and O–H groups in total. The first-order valence-corrected chi connectivity index (χ1v) is 8.23. The van der Waals surface area contributed by atoms with Crippen molar-refractivity contribution in [2.24, 2.45) is 0 Å². The lowest BCUT2D eigenvalue weighted by Crippen LogP contribution is -2.02. The van der Waals surface area contributed by atoms with Crippen LogP contribution in [-0.4, -0.2) is 12.1 Å². The zero-order valence-electron chi connectivity index (χ0n) is 11.8. The molecule has 0 spiro atoms. The fourth-order valence-electron chi connectivity index (χ4n) is 2.15. The standard InChI is InChI=1S/C16H12BrN3OS/c1-21-12-4-2-10(3-5-12)7-19-16-14-13(17)9-22-15(14)11(6-18)8-20-16/h2-5,8-9H,7H2,1H3,(H,19,20). The van der Waals surface area contributed by atoms with E-state index in [1.54, 1.807) is 24.6 Å². The summed E-state index contributed by atoms with van der Waals surface area (Å²) in [5.41, 5.74) is 1.73.